The van der Waals surface area contributed by atoms with E-state index < -0.39 is 22.0 Å². The highest BCUT2D eigenvalue weighted by molar-refractivity contribution is 7.90. The van der Waals surface area contributed by atoms with Crippen molar-refractivity contribution in [3.05, 3.63) is 77.9 Å². The molecule has 0 fully saturated rings. The fourth-order valence-corrected chi connectivity index (χ4v) is 5.67. The zero-order chi connectivity index (χ0) is 25.3. The Balaban J connectivity index is 2.10. The average Bonchev–Trinajstić information content (AvgIpc) is 3.18. The van der Waals surface area contributed by atoms with E-state index in [0.29, 0.717) is 22.2 Å². The molecule has 182 valence electrons. The van der Waals surface area contributed by atoms with E-state index in [2.05, 4.69) is 0 Å². The van der Waals surface area contributed by atoms with Gasteiger partial charge in [0.2, 0.25) is 0 Å². The van der Waals surface area contributed by atoms with Crippen molar-refractivity contribution < 1.29 is 27.8 Å². The van der Waals surface area contributed by atoms with Crippen LogP contribution in [-0.2, 0) is 26.0 Å². The SMILES string of the molecule is COC(=O)[C@@H](N)Cc1c(-c2ccc(OC)cc2O)n(S(=O)(=O)c2ccc(C)cc2)c2ccccc12. The van der Waals surface area contributed by atoms with E-state index in [1.54, 1.807) is 48.5 Å². The molecule has 0 saturated heterocycles. The molecule has 8 nitrogen and oxygen atoms in total. The number of phenols is 1. The minimum Gasteiger partial charge on any atom is -0.507 e. The topological polar surface area (TPSA) is 121 Å². The summed E-state index contributed by atoms with van der Waals surface area (Å²) in [5.74, 6) is -0.406. The van der Waals surface area contributed by atoms with Crippen LogP contribution in [-0.4, -0.2) is 43.7 Å². The molecule has 3 aromatic carbocycles. The summed E-state index contributed by atoms with van der Waals surface area (Å²) in [6.07, 6.45) is -0.00952. The highest BCUT2D eigenvalue weighted by Crippen LogP contribution is 2.42. The Labute approximate surface area is 203 Å². The molecule has 0 bridgehead atoms. The van der Waals surface area contributed by atoms with E-state index in [1.165, 1.54) is 36.4 Å². The van der Waals surface area contributed by atoms with Crippen molar-refractivity contribution in [2.45, 2.75) is 24.3 Å². The molecule has 4 aromatic rings. The van der Waals surface area contributed by atoms with Gasteiger partial charge < -0.3 is 20.3 Å². The second kappa shape index (κ2) is 9.44. The smallest absolute Gasteiger partial charge is 0.322 e. The lowest BCUT2D eigenvalue weighted by atomic mass is 9.98. The van der Waals surface area contributed by atoms with Crippen molar-refractivity contribution >= 4 is 26.9 Å². The number of fused-ring (bicyclic) bond motifs is 1. The normalized spacial score (nSPS) is 12.5. The third-order valence-corrected chi connectivity index (χ3v) is 7.61. The lowest BCUT2D eigenvalue weighted by Crippen LogP contribution is -2.33. The number of methoxy groups -OCH3 is 2. The predicted octanol–water partition coefficient (Wildman–Crippen LogP) is 3.61. The van der Waals surface area contributed by atoms with Gasteiger partial charge in [-0.05, 0) is 42.8 Å². The summed E-state index contributed by atoms with van der Waals surface area (Å²) >= 11 is 0. The van der Waals surface area contributed by atoms with Gasteiger partial charge in [0, 0.05) is 23.4 Å². The number of para-hydroxylation sites is 1. The van der Waals surface area contributed by atoms with Gasteiger partial charge in [0.1, 0.15) is 17.5 Å². The Morgan fingerprint density at radius 1 is 1.06 bits per heavy atom. The summed E-state index contributed by atoms with van der Waals surface area (Å²) in [6.45, 7) is 1.87. The first kappa shape index (κ1) is 24.3. The summed E-state index contributed by atoms with van der Waals surface area (Å²) in [5, 5.41) is 11.5. The molecule has 0 spiro atoms. The van der Waals surface area contributed by atoms with Crippen LogP contribution in [0.25, 0.3) is 22.2 Å². The third-order valence-electron chi connectivity index (χ3n) is 5.88. The number of nitrogens with two attached hydrogens (primary N) is 1. The molecule has 0 aliphatic carbocycles. The van der Waals surface area contributed by atoms with Crippen LogP contribution in [0.5, 0.6) is 11.5 Å². The molecule has 1 atom stereocenters. The van der Waals surface area contributed by atoms with Crippen molar-refractivity contribution in [1.29, 1.82) is 0 Å². The van der Waals surface area contributed by atoms with E-state index in [-0.39, 0.29) is 28.3 Å². The minimum absolute atomic E-state index is 0.00952. The number of rotatable bonds is 7. The van der Waals surface area contributed by atoms with E-state index >= 15 is 0 Å². The minimum atomic E-state index is -4.12. The summed E-state index contributed by atoms with van der Waals surface area (Å²) in [4.78, 5) is 12.3. The molecular weight excluding hydrogens is 468 g/mol. The molecule has 3 N–H and O–H groups in total. The fourth-order valence-electron chi connectivity index (χ4n) is 4.11. The van der Waals surface area contributed by atoms with Crippen molar-refractivity contribution in [2.75, 3.05) is 14.2 Å². The monoisotopic (exact) mass is 494 g/mol. The lowest BCUT2D eigenvalue weighted by molar-refractivity contribution is -0.142. The molecule has 1 heterocycles. The maximum Gasteiger partial charge on any atom is 0.322 e. The number of aromatic nitrogens is 1. The van der Waals surface area contributed by atoms with Crippen LogP contribution in [0.15, 0.2) is 71.6 Å². The standard InChI is InChI=1S/C26H26N2O6S/c1-16-8-11-18(12-9-16)35(31,32)28-23-7-5-4-6-19(23)21(15-22(27)26(30)34-3)25(28)20-13-10-17(33-2)14-24(20)29/h4-14,22,29H,15,27H2,1-3H3/t22-/m0/s1. The maximum absolute atomic E-state index is 14.0. The van der Waals surface area contributed by atoms with E-state index in [9.17, 15) is 18.3 Å². The number of aryl methyl sites for hydroxylation is 1. The molecule has 1 aromatic heterocycles. The van der Waals surface area contributed by atoms with Crippen LogP contribution in [0, 0.1) is 6.92 Å². The molecule has 0 unspecified atom stereocenters. The second-order valence-electron chi connectivity index (χ2n) is 8.14. The number of aromatic hydroxyl groups is 1. The number of nitrogens with zero attached hydrogens (tertiary/aromatic N) is 1. The van der Waals surface area contributed by atoms with Crippen molar-refractivity contribution in [2.24, 2.45) is 5.73 Å². The van der Waals surface area contributed by atoms with Crippen LogP contribution in [0.1, 0.15) is 11.1 Å². The summed E-state index contributed by atoms with van der Waals surface area (Å²) in [5.41, 5.74) is 8.39. The number of hydrogen-bond donors (Lipinski definition) is 2. The van der Waals surface area contributed by atoms with E-state index in [1.807, 2.05) is 6.92 Å². The molecule has 0 radical (unpaired) electrons. The number of phenolic OH excluding ortho intramolecular Hbond substituents is 1. The van der Waals surface area contributed by atoms with Gasteiger partial charge in [0.15, 0.2) is 0 Å². The maximum atomic E-state index is 14.0. The van der Waals surface area contributed by atoms with Crippen LogP contribution in [0.3, 0.4) is 0 Å². The first-order chi connectivity index (χ1) is 16.7. The van der Waals surface area contributed by atoms with Gasteiger partial charge in [-0.25, -0.2) is 12.4 Å². The fraction of sp³-hybridized carbons (Fsp3) is 0.192. The van der Waals surface area contributed by atoms with E-state index in [4.69, 9.17) is 15.2 Å². The van der Waals surface area contributed by atoms with Gasteiger partial charge in [0.25, 0.3) is 10.0 Å². The number of benzene rings is 3. The molecule has 0 amide bonds. The second-order valence-corrected chi connectivity index (χ2v) is 9.93. The van der Waals surface area contributed by atoms with Crippen LogP contribution in [0.2, 0.25) is 0 Å². The molecule has 0 aliphatic rings. The Hall–Kier alpha value is -3.82. The third kappa shape index (κ3) is 4.36. The van der Waals surface area contributed by atoms with Crippen LogP contribution in [0.4, 0.5) is 0 Å². The van der Waals surface area contributed by atoms with Gasteiger partial charge >= 0.3 is 5.97 Å². The van der Waals surface area contributed by atoms with Crippen LogP contribution >= 0.6 is 0 Å². The Kier molecular flexibility index (Phi) is 6.56. The summed E-state index contributed by atoms with van der Waals surface area (Å²) in [6, 6.07) is 17.0. The first-order valence-electron chi connectivity index (χ1n) is 10.8. The van der Waals surface area contributed by atoms with E-state index in [0.717, 1.165) is 5.56 Å². The molecule has 9 heteroatoms. The molecule has 0 saturated carbocycles. The number of hydrogen-bond acceptors (Lipinski definition) is 7. The molecular formula is C26H26N2O6S. The first-order valence-corrected chi connectivity index (χ1v) is 12.3. The largest absolute Gasteiger partial charge is 0.507 e. The summed E-state index contributed by atoms with van der Waals surface area (Å²) < 4.78 is 39.2. The van der Waals surface area contributed by atoms with Gasteiger partial charge in [-0.2, -0.15) is 0 Å². The number of esters is 1. The van der Waals surface area contributed by atoms with Crippen LogP contribution < -0.4 is 10.5 Å². The number of carbonyl (C=O) groups is 1. The summed E-state index contributed by atoms with van der Waals surface area (Å²) in [7, 11) is -1.41. The van der Waals surface area contributed by atoms with Gasteiger partial charge in [-0.15, -0.1) is 0 Å². The van der Waals surface area contributed by atoms with Gasteiger partial charge in [-0.1, -0.05) is 35.9 Å². The lowest BCUT2D eigenvalue weighted by Gasteiger charge is -2.16. The zero-order valence-electron chi connectivity index (χ0n) is 19.6. The zero-order valence-corrected chi connectivity index (χ0v) is 20.4. The average molecular weight is 495 g/mol. The van der Waals surface area contributed by atoms with Crippen molar-refractivity contribution in [1.82, 2.24) is 3.97 Å². The quantitative estimate of drug-likeness (QED) is 0.377. The Morgan fingerprint density at radius 3 is 2.37 bits per heavy atom. The predicted molar refractivity (Wildman–Crippen MR) is 133 cm³/mol. The molecule has 35 heavy (non-hydrogen) atoms. The van der Waals surface area contributed by atoms with Gasteiger partial charge in [0.05, 0.1) is 30.3 Å². The van der Waals surface area contributed by atoms with Crippen molar-refractivity contribution in [3.63, 3.8) is 0 Å². The highest BCUT2D eigenvalue weighted by atomic mass is 32.2. The Morgan fingerprint density at radius 2 is 1.74 bits per heavy atom. The van der Waals surface area contributed by atoms with Gasteiger partial charge in [-0.3, -0.25) is 4.79 Å². The number of carbonyl (C=O) groups excluding carboxylic acids is 1. The molecule has 0 aliphatic heterocycles. The number of ether oxygens (including phenoxy) is 2. The van der Waals surface area contributed by atoms with Crippen molar-refractivity contribution in [3.8, 4) is 22.8 Å². The molecule has 4 rings (SSSR count). The highest BCUT2D eigenvalue weighted by Gasteiger charge is 2.31. The Bertz CT molecular complexity index is 1510.